The van der Waals surface area contributed by atoms with Crippen molar-refractivity contribution in [3.8, 4) is 40.1 Å². The number of methoxy groups -OCH3 is 2. The number of ether oxygens (including phenoxy) is 2. The molecule has 3 heterocycles. The molecule has 0 saturated carbocycles. The highest BCUT2D eigenvalue weighted by Gasteiger charge is 2.51. The third-order valence-corrected chi connectivity index (χ3v) is 8.78. The smallest absolute Gasteiger partial charge is 0.357 e. The molecule has 1 aliphatic rings. The molecule has 4 N–H and O–H groups in total. The molecule has 0 atom stereocenters. The maximum atomic E-state index is 14.3. The Labute approximate surface area is 335 Å². The highest BCUT2D eigenvalue weighted by Crippen LogP contribution is 2.39. The van der Waals surface area contributed by atoms with Crippen molar-refractivity contribution in [2.75, 3.05) is 25.7 Å². The molecule has 2 aromatic carbocycles. The molecule has 13 nitrogen and oxygen atoms in total. The Hall–Kier alpha value is -5.12. The van der Waals surface area contributed by atoms with Crippen LogP contribution in [0.25, 0.3) is 22.5 Å². The monoisotopic (exact) mass is 867 g/mol. The van der Waals surface area contributed by atoms with Crippen LogP contribution in [0.5, 0.6) is 11.5 Å². The lowest BCUT2D eigenvalue weighted by Gasteiger charge is -2.18. The van der Waals surface area contributed by atoms with Crippen LogP contribution in [0.4, 0.5) is 33.7 Å². The van der Waals surface area contributed by atoms with Gasteiger partial charge in [-0.3, -0.25) is 14.4 Å². The van der Waals surface area contributed by atoms with Crippen LogP contribution in [-0.4, -0.2) is 63.1 Å². The molecule has 2 aromatic heterocycles. The standard InChI is InChI=1S/C13H8Cl2F2N2O2.C13H9ClF2N2O2.C5H6Cl2N2O2.C2H3N/c1-21-13-6(14)3-2-5(9(13)16)12-10(17)11(18)8(15)7(4-20)19-12;1-20-13-8(14)3-2-7(10(13)15)12-11(16)9(17)4-6(5-19)18-12;1-5(2)3(10)8(6)4(11)9(5)7;1-2-3/h2-4H,1H3,(H2,18,19);2-5H,1H3,(H2,17,18);1-2H3;1H3. The number of hydrogen-bond donors (Lipinski definition) is 2. The first-order chi connectivity index (χ1) is 25.7. The van der Waals surface area contributed by atoms with Crippen LogP contribution in [0.2, 0.25) is 15.1 Å². The van der Waals surface area contributed by atoms with Gasteiger partial charge in [0.25, 0.3) is 5.91 Å². The molecule has 0 spiro atoms. The van der Waals surface area contributed by atoms with Gasteiger partial charge in [-0.1, -0.05) is 34.8 Å². The number of urea groups is 1. The minimum absolute atomic E-state index is 0.0108. The number of rotatable bonds is 6. The number of hydrogen-bond acceptors (Lipinski definition) is 11. The summed E-state index contributed by atoms with van der Waals surface area (Å²) < 4.78 is 67.5. The number of nitrogens with zero attached hydrogens (tertiary/aromatic N) is 5. The van der Waals surface area contributed by atoms with Crippen LogP contribution in [0.3, 0.4) is 0 Å². The van der Waals surface area contributed by atoms with E-state index >= 15 is 0 Å². The number of nitrogens with two attached hydrogens (primary N) is 2. The Morgan fingerprint density at radius 3 is 1.62 bits per heavy atom. The second-order valence-electron chi connectivity index (χ2n) is 10.7. The zero-order valence-electron chi connectivity index (χ0n) is 28.8. The van der Waals surface area contributed by atoms with E-state index < -0.39 is 52.1 Å². The van der Waals surface area contributed by atoms with E-state index in [9.17, 15) is 36.7 Å². The van der Waals surface area contributed by atoms with Crippen molar-refractivity contribution >= 4 is 94.2 Å². The molecule has 3 amide bonds. The largest absolute Gasteiger partial charge is 0.492 e. The number of halogens is 9. The van der Waals surface area contributed by atoms with Gasteiger partial charge in [0.15, 0.2) is 47.3 Å². The number of carbonyl (C=O) groups is 4. The predicted molar refractivity (Wildman–Crippen MR) is 198 cm³/mol. The average molecular weight is 870 g/mol. The van der Waals surface area contributed by atoms with Crippen molar-refractivity contribution in [1.82, 2.24) is 18.8 Å². The fourth-order valence-corrected chi connectivity index (χ4v) is 5.26. The predicted octanol–water partition coefficient (Wildman–Crippen LogP) is 8.69. The summed E-state index contributed by atoms with van der Waals surface area (Å²) in [4.78, 5) is 51.0. The number of anilines is 2. The van der Waals surface area contributed by atoms with Gasteiger partial charge in [0.1, 0.15) is 28.3 Å². The first-order valence-corrected chi connectivity index (χ1v) is 16.4. The summed E-state index contributed by atoms with van der Waals surface area (Å²) in [5.41, 5.74) is 7.39. The van der Waals surface area contributed by atoms with Crippen molar-refractivity contribution in [3.63, 3.8) is 0 Å². The van der Waals surface area contributed by atoms with Crippen LogP contribution >= 0.6 is 58.4 Å². The topological polar surface area (TPSA) is 195 Å². The molecule has 22 heteroatoms. The Kier molecular flexibility index (Phi) is 16.3. The Morgan fingerprint density at radius 2 is 1.27 bits per heavy atom. The van der Waals surface area contributed by atoms with E-state index in [-0.39, 0.29) is 60.5 Å². The van der Waals surface area contributed by atoms with E-state index in [0.29, 0.717) is 17.0 Å². The van der Waals surface area contributed by atoms with E-state index in [0.717, 1.165) is 10.5 Å². The van der Waals surface area contributed by atoms with Crippen LogP contribution in [-0.2, 0) is 4.79 Å². The van der Waals surface area contributed by atoms with E-state index in [2.05, 4.69) is 9.97 Å². The normalized spacial score (nSPS) is 12.6. The number of carbonyl (C=O) groups excluding carboxylic acids is 4. The SMILES string of the molecule is CC#N.CC1(C)C(=O)N(Cl)C(=O)N1Cl.COc1c(Cl)ccc(-c2nc(C=O)c(Cl)c(N)c2F)c1F.COc1c(Cl)ccc(-c2nc(C=O)cc(N)c2F)c1F. The van der Waals surface area contributed by atoms with Gasteiger partial charge in [0.2, 0.25) is 0 Å². The third-order valence-electron chi connectivity index (χ3n) is 6.92. The summed E-state index contributed by atoms with van der Waals surface area (Å²) in [6.07, 6.45) is 0.692. The zero-order chi connectivity index (χ0) is 42.1. The number of nitriles is 1. The molecule has 0 radical (unpaired) electrons. The summed E-state index contributed by atoms with van der Waals surface area (Å²) in [7, 11) is 2.44. The number of benzene rings is 2. The zero-order valence-corrected chi connectivity index (χ0v) is 32.6. The molecule has 0 bridgehead atoms. The molecule has 1 aliphatic heterocycles. The van der Waals surface area contributed by atoms with Gasteiger partial charge >= 0.3 is 6.03 Å². The Balaban J connectivity index is 0.000000287. The van der Waals surface area contributed by atoms with Gasteiger partial charge in [-0.2, -0.15) is 9.68 Å². The quantitative estimate of drug-likeness (QED) is 0.0815. The summed E-state index contributed by atoms with van der Waals surface area (Å²) in [5, 5.41) is 7.04. The van der Waals surface area contributed by atoms with Crippen LogP contribution in [0, 0.1) is 34.6 Å². The lowest BCUT2D eigenvalue weighted by atomic mass is 10.1. The fourth-order valence-electron chi connectivity index (χ4n) is 4.18. The van der Waals surface area contributed by atoms with Crippen molar-refractivity contribution in [2.45, 2.75) is 26.3 Å². The summed E-state index contributed by atoms with van der Waals surface area (Å²) in [6.45, 7) is 4.46. The first kappa shape index (κ1) is 46.0. The fraction of sp³-hybridized carbons (Fsp3) is 0.182. The van der Waals surface area contributed by atoms with Gasteiger partial charge in [-0.05, 0) is 44.2 Å². The molecule has 292 valence electrons. The van der Waals surface area contributed by atoms with Crippen LogP contribution in [0.15, 0.2) is 30.3 Å². The number of amides is 3. The number of pyridine rings is 2. The molecule has 5 rings (SSSR count). The number of imide groups is 1. The van der Waals surface area contributed by atoms with E-state index in [1.165, 1.54) is 59.3 Å². The lowest BCUT2D eigenvalue weighted by molar-refractivity contribution is -0.127. The van der Waals surface area contributed by atoms with Crippen LogP contribution in [0.1, 0.15) is 41.7 Å². The highest BCUT2D eigenvalue weighted by molar-refractivity contribution is 6.39. The molecule has 55 heavy (non-hydrogen) atoms. The molecule has 0 unspecified atom stereocenters. The van der Waals surface area contributed by atoms with E-state index in [1.807, 2.05) is 0 Å². The van der Waals surface area contributed by atoms with E-state index in [1.54, 1.807) is 6.07 Å². The van der Waals surface area contributed by atoms with Crippen molar-refractivity contribution in [2.24, 2.45) is 0 Å². The van der Waals surface area contributed by atoms with Crippen molar-refractivity contribution < 1.29 is 46.2 Å². The molecule has 0 aliphatic carbocycles. The van der Waals surface area contributed by atoms with Gasteiger partial charge in [0, 0.05) is 41.6 Å². The van der Waals surface area contributed by atoms with Crippen LogP contribution < -0.4 is 20.9 Å². The lowest BCUT2D eigenvalue weighted by Crippen LogP contribution is -2.38. The molecule has 4 aromatic rings. The van der Waals surface area contributed by atoms with Gasteiger partial charge in [0.05, 0.1) is 46.7 Å². The second-order valence-corrected chi connectivity index (χ2v) is 12.6. The maximum absolute atomic E-state index is 14.3. The maximum Gasteiger partial charge on any atom is 0.357 e. The molecule has 1 fully saturated rings. The van der Waals surface area contributed by atoms with Gasteiger partial charge in [-0.15, -0.1) is 0 Å². The second kappa shape index (κ2) is 19.5. The molecular formula is C33H26Cl5F4N7O6. The van der Waals surface area contributed by atoms with E-state index in [4.69, 9.17) is 84.6 Å². The Bertz CT molecular complexity index is 2190. The minimum Gasteiger partial charge on any atom is -0.492 e. The van der Waals surface area contributed by atoms with Crippen molar-refractivity contribution in [1.29, 1.82) is 5.26 Å². The highest BCUT2D eigenvalue weighted by atomic mass is 35.5. The summed E-state index contributed by atoms with van der Waals surface area (Å²) in [5.74, 6) is -4.77. The number of aldehydes is 2. The van der Waals surface area contributed by atoms with Crippen molar-refractivity contribution in [3.05, 3.63) is 80.1 Å². The number of nitrogen functional groups attached to an aromatic ring is 2. The third kappa shape index (κ3) is 9.77. The number of aromatic nitrogens is 2. The minimum atomic E-state index is -1.04. The molecular weight excluding hydrogens is 844 g/mol. The Morgan fingerprint density at radius 1 is 0.818 bits per heavy atom. The van der Waals surface area contributed by atoms with Gasteiger partial charge in [-0.25, -0.2) is 36.7 Å². The van der Waals surface area contributed by atoms with Gasteiger partial charge < -0.3 is 20.9 Å². The molecule has 1 saturated heterocycles. The first-order valence-electron chi connectivity index (χ1n) is 14.6. The average Bonchev–Trinajstić information content (AvgIpc) is 3.28. The summed E-state index contributed by atoms with van der Waals surface area (Å²) >= 11 is 28.0. The summed E-state index contributed by atoms with van der Waals surface area (Å²) in [6, 6.07) is 7.20.